The number of rotatable bonds is 4. The van der Waals surface area contributed by atoms with Crippen LogP contribution in [0.15, 0.2) is 0 Å². The summed E-state index contributed by atoms with van der Waals surface area (Å²) in [5.74, 6) is 0.146. The number of likely N-dealkylation sites (tertiary alicyclic amines) is 1. The second-order valence-electron chi connectivity index (χ2n) is 5.04. The van der Waals surface area contributed by atoms with E-state index in [2.05, 4.69) is 5.32 Å². The minimum atomic E-state index is -0.509. The second kappa shape index (κ2) is 5.64. The SMILES string of the molecule is CNC(C)(C)C(=O)N1CCCCC1CCO. The number of hydrogen-bond acceptors (Lipinski definition) is 3. The molecule has 4 nitrogen and oxygen atoms in total. The maximum atomic E-state index is 12.3. The number of aliphatic hydroxyl groups is 1. The van der Waals surface area contributed by atoms with Crippen molar-refractivity contribution in [2.24, 2.45) is 0 Å². The molecule has 0 spiro atoms. The Morgan fingerprint density at radius 1 is 1.50 bits per heavy atom. The highest BCUT2D eigenvalue weighted by molar-refractivity contribution is 5.85. The highest BCUT2D eigenvalue weighted by Gasteiger charge is 2.35. The average molecular weight is 228 g/mol. The van der Waals surface area contributed by atoms with Gasteiger partial charge in [-0.2, -0.15) is 0 Å². The highest BCUT2D eigenvalue weighted by atomic mass is 16.3. The van der Waals surface area contributed by atoms with Gasteiger partial charge in [0.15, 0.2) is 0 Å². The van der Waals surface area contributed by atoms with Gasteiger partial charge < -0.3 is 15.3 Å². The third-order valence-electron chi connectivity index (χ3n) is 3.51. The Kier molecular flexibility index (Phi) is 4.74. The largest absolute Gasteiger partial charge is 0.396 e. The Labute approximate surface area is 98.0 Å². The van der Waals surface area contributed by atoms with E-state index in [1.54, 1.807) is 0 Å². The standard InChI is InChI=1S/C12H24N2O2/c1-12(2,13-3)11(16)14-8-5-4-6-10(14)7-9-15/h10,13,15H,4-9H2,1-3H3. The van der Waals surface area contributed by atoms with E-state index in [1.807, 2.05) is 25.8 Å². The zero-order chi connectivity index (χ0) is 12.2. The summed E-state index contributed by atoms with van der Waals surface area (Å²) in [6.45, 7) is 4.79. The molecule has 0 aromatic rings. The predicted molar refractivity (Wildman–Crippen MR) is 64.2 cm³/mol. The quantitative estimate of drug-likeness (QED) is 0.746. The number of amides is 1. The Bertz CT molecular complexity index is 239. The molecule has 94 valence electrons. The molecule has 1 aliphatic rings. The van der Waals surface area contributed by atoms with Crippen molar-refractivity contribution < 1.29 is 9.90 Å². The first-order valence-electron chi connectivity index (χ1n) is 6.13. The van der Waals surface area contributed by atoms with Gasteiger partial charge in [-0.05, 0) is 46.6 Å². The molecule has 1 fully saturated rings. The topological polar surface area (TPSA) is 52.6 Å². The maximum Gasteiger partial charge on any atom is 0.242 e. The van der Waals surface area contributed by atoms with Crippen LogP contribution in [-0.4, -0.2) is 47.7 Å². The van der Waals surface area contributed by atoms with E-state index in [0.717, 1.165) is 25.8 Å². The first kappa shape index (κ1) is 13.5. The van der Waals surface area contributed by atoms with Gasteiger partial charge in [-0.15, -0.1) is 0 Å². The van der Waals surface area contributed by atoms with E-state index in [4.69, 9.17) is 5.11 Å². The van der Waals surface area contributed by atoms with Gasteiger partial charge >= 0.3 is 0 Å². The molecule has 0 aliphatic carbocycles. The van der Waals surface area contributed by atoms with Crippen LogP contribution in [0.25, 0.3) is 0 Å². The average Bonchev–Trinajstić information content (AvgIpc) is 2.29. The number of carbonyl (C=O) groups excluding carboxylic acids is 1. The Balaban J connectivity index is 2.71. The van der Waals surface area contributed by atoms with Crippen molar-refractivity contribution in [3.8, 4) is 0 Å². The minimum Gasteiger partial charge on any atom is -0.396 e. The second-order valence-corrected chi connectivity index (χ2v) is 5.04. The molecule has 0 bridgehead atoms. The van der Waals surface area contributed by atoms with Gasteiger partial charge in [-0.1, -0.05) is 0 Å². The molecule has 4 heteroatoms. The van der Waals surface area contributed by atoms with Crippen LogP contribution in [0.5, 0.6) is 0 Å². The first-order chi connectivity index (χ1) is 7.53. The molecule has 1 aliphatic heterocycles. The summed E-state index contributed by atoms with van der Waals surface area (Å²) in [6, 6.07) is 0.221. The fourth-order valence-electron chi connectivity index (χ4n) is 2.18. The molecule has 0 aromatic heterocycles. The number of nitrogens with zero attached hydrogens (tertiary/aromatic N) is 1. The summed E-state index contributed by atoms with van der Waals surface area (Å²) >= 11 is 0. The summed E-state index contributed by atoms with van der Waals surface area (Å²) in [5, 5.41) is 12.1. The summed E-state index contributed by atoms with van der Waals surface area (Å²) in [6.07, 6.45) is 3.96. The van der Waals surface area contributed by atoms with Crippen molar-refractivity contribution >= 4 is 5.91 Å². The Hall–Kier alpha value is -0.610. The number of likely N-dealkylation sites (N-methyl/N-ethyl adjacent to an activating group) is 1. The molecule has 0 radical (unpaired) electrons. The number of aliphatic hydroxyl groups excluding tert-OH is 1. The Morgan fingerprint density at radius 2 is 2.19 bits per heavy atom. The van der Waals surface area contributed by atoms with Crippen molar-refractivity contribution in [1.82, 2.24) is 10.2 Å². The van der Waals surface area contributed by atoms with Crippen LogP contribution in [-0.2, 0) is 4.79 Å². The van der Waals surface area contributed by atoms with Crippen molar-refractivity contribution in [2.45, 2.75) is 51.1 Å². The predicted octanol–water partition coefficient (Wildman–Crippen LogP) is 0.748. The lowest BCUT2D eigenvalue weighted by Crippen LogP contribution is -2.57. The van der Waals surface area contributed by atoms with Gasteiger partial charge in [0.1, 0.15) is 0 Å². The third-order valence-corrected chi connectivity index (χ3v) is 3.51. The molecule has 0 saturated carbocycles. The fourth-order valence-corrected chi connectivity index (χ4v) is 2.18. The van der Waals surface area contributed by atoms with Crippen LogP contribution in [0.1, 0.15) is 39.5 Å². The smallest absolute Gasteiger partial charge is 0.242 e. The van der Waals surface area contributed by atoms with E-state index < -0.39 is 5.54 Å². The molecule has 16 heavy (non-hydrogen) atoms. The highest BCUT2D eigenvalue weighted by Crippen LogP contribution is 2.22. The van der Waals surface area contributed by atoms with Crippen molar-refractivity contribution in [1.29, 1.82) is 0 Å². The Morgan fingerprint density at radius 3 is 2.75 bits per heavy atom. The van der Waals surface area contributed by atoms with E-state index in [-0.39, 0.29) is 18.6 Å². The molecule has 0 aromatic carbocycles. The van der Waals surface area contributed by atoms with Gasteiger partial charge in [-0.3, -0.25) is 4.79 Å². The van der Waals surface area contributed by atoms with E-state index in [1.165, 1.54) is 0 Å². The molecular weight excluding hydrogens is 204 g/mol. The number of carbonyl (C=O) groups is 1. The van der Waals surface area contributed by atoms with Gasteiger partial charge in [0.05, 0.1) is 5.54 Å². The van der Waals surface area contributed by atoms with E-state index in [9.17, 15) is 4.79 Å². The monoisotopic (exact) mass is 228 g/mol. The molecule has 1 unspecified atom stereocenters. The maximum absolute atomic E-state index is 12.3. The van der Waals surface area contributed by atoms with Crippen LogP contribution in [0.2, 0.25) is 0 Å². The zero-order valence-electron chi connectivity index (χ0n) is 10.6. The zero-order valence-corrected chi connectivity index (χ0v) is 10.6. The number of hydrogen-bond donors (Lipinski definition) is 2. The minimum absolute atomic E-state index is 0.146. The molecule has 1 rings (SSSR count). The molecular formula is C12H24N2O2. The lowest BCUT2D eigenvalue weighted by Gasteiger charge is -2.40. The van der Waals surface area contributed by atoms with Gasteiger partial charge in [0, 0.05) is 19.2 Å². The molecule has 1 amide bonds. The molecule has 2 N–H and O–H groups in total. The number of piperidine rings is 1. The van der Waals surface area contributed by atoms with Crippen LogP contribution < -0.4 is 5.32 Å². The van der Waals surface area contributed by atoms with Crippen LogP contribution in [0.4, 0.5) is 0 Å². The summed E-state index contributed by atoms with van der Waals surface area (Å²) in [4.78, 5) is 14.3. The fraction of sp³-hybridized carbons (Fsp3) is 0.917. The summed E-state index contributed by atoms with van der Waals surface area (Å²) in [5.41, 5.74) is -0.509. The third kappa shape index (κ3) is 2.95. The summed E-state index contributed by atoms with van der Waals surface area (Å²) < 4.78 is 0. The van der Waals surface area contributed by atoms with Crippen LogP contribution >= 0.6 is 0 Å². The summed E-state index contributed by atoms with van der Waals surface area (Å²) in [7, 11) is 1.81. The normalized spacial score (nSPS) is 22.2. The van der Waals surface area contributed by atoms with Crippen molar-refractivity contribution in [2.75, 3.05) is 20.2 Å². The van der Waals surface area contributed by atoms with Crippen LogP contribution in [0.3, 0.4) is 0 Å². The van der Waals surface area contributed by atoms with Gasteiger partial charge in [0.25, 0.3) is 0 Å². The lowest BCUT2D eigenvalue weighted by molar-refractivity contribution is -0.141. The first-order valence-corrected chi connectivity index (χ1v) is 6.13. The van der Waals surface area contributed by atoms with Gasteiger partial charge in [0.2, 0.25) is 5.91 Å². The van der Waals surface area contributed by atoms with E-state index in [0.29, 0.717) is 6.42 Å². The molecule has 1 heterocycles. The van der Waals surface area contributed by atoms with Crippen LogP contribution in [0, 0.1) is 0 Å². The van der Waals surface area contributed by atoms with E-state index >= 15 is 0 Å². The molecule has 1 saturated heterocycles. The molecule has 1 atom stereocenters. The lowest BCUT2D eigenvalue weighted by atomic mass is 9.95. The van der Waals surface area contributed by atoms with Crippen molar-refractivity contribution in [3.05, 3.63) is 0 Å². The number of nitrogens with one attached hydrogen (secondary N) is 1. The van der Waals surface area contributed by atoms with Crippen molar-refractivity contribution in [3.63, 3.8) is 0 Å². The van der Waals surface area contributed by atoms with Gasteiger partial charge in [-0.25, -0.2) is 0 Å².